The van der Waals surface area contributed by atoms with E-state index in [0.29, 0.717) is 23.7 Å². The van der Waals surface area contributed by atoms with Crippen LogP contribution in [0.2, 0.25) is 5.02 Å². The van der Waals surface area contributed by atoms with E-state index in [-0.39, 0.29) is 16.9 Å². The van der Waals surface area contributed by atoms with Crippen LogP contribution in [-0.4, -0.2) is 48.0 Å². The quantitative estimate of drug-likeness (QED) is 0.515. The number of aryl methyl sites for hydroxylation is 1. The van der Waals surface area contributed by atoms with Crippen molar-refractivity contribution in [1.82, 2.24) is 10.2 Å². The molecule has 0 aromatic heterocycles. The Bertz CT molecular complexity index is 1190. The van der Waals surface area contributed by atoms with E-state index >= 15 is 0 Å². The average molecular weight is 493 g/mol. The van der Waals surface area contributed by atoms with Crippen molar-refractivity contribution in [3.8, 4) is 0 Å². The van der Waals surface area contributed by atoms with Crippen LogP contribution in [0.3, 0.4) is 0 Å². The van der Waals surface area contributed by atoms with Gasteiger partial charge in [0.05, 0.1) is 0 Å². The topological polar surface area (TPSA) is 64.7 Å². The second-order valence-electron chi connectivity index (χ2n) is 8.11. The second-order valence-corrected chi connectivity index (χ2v) is 8.96. The van der Waals surface area contributed by atoms with E-state index in [4.69, 9.17) is 23.8 Å². The van der Waals surface area contributed by atoms with E-state index in [1.165, 1.54) is 0 Å². The zero-order valence-electron chi connectivity index (χ0n) is 18.8. The largest absolute Gasteiger partial charge is 0.368 e. The molecule has 3 aromatic carbocycles. The third-order valence-corrected chi connectivity index (χ3v) is 6.11. The minimum absolute atomic E-state index is 0.0764. The van der Waals surface area contributed by atoms with Gasteiger partial charge < -0.3 is 15.1 Å². The number of hydrogen-bond acceptors (Lipinski definition) is 4. The molecule has 2 amide bonds. The van der Waals surface area contributed by atoms with Gasteiger partial charge in [-0.1, -0.05) is 35.4 Å². The number of anilines is 2. The fourth-order valence-corrected chi connectivity index (χ4v) is 4.17. The summed E-state index contributed by atoms with van der Waals surface area (Å²) >= 11 is 11.2. The van der Waals surface area contributed by atoms with Crippen molar-refractivity contribution >= 4 is 52.1 Å². The van der Waals surface area contributed by atoms with Gasteiger partial charge in [0.15, 0.2) is 5.11 Å². The van der Waals surface area contributed by atoms with Gasteiger partial charge in [0, 0.05) is 53.7 Å². The molecule has 0 bridgehead atoms. The van der Waals surface area contributed by atoms with Crippen LogP contribution in [0, 0.1) is 6.92 Å². The summed E-state index contributed by atoms with van der Waals surface area (Å²) < 4.78 is 0. The highest BCUT2D eigenvalue weighted by atomic mass is 35.5. The van der Waals surface area contributed by atoms with Gasteiger partial charge in [0.2, 0.25) is 0 Å². The minimum atomic E-state index is -0.324. The second kappa shape index (κ2) is 10.7. The predicted molar refractivity (Wildman–Crippen MR) is 141 cm³/mol. The number of carbonyl (C=O) groups excluding carboxylic acids is 2. The van der Waals surface area contributed by atoms with Gasteiger partial charge in [0.25, 0.3) is 11.8 Å². The summed E-state index contributed by atoms with van der Waals surface area (Å²) in [4.78, 5) is 29.2. The Morgan fingerprint density at radius 2 is 1.56 bits per heavy atom. The number of hydrogen-bond donors (Lipinski definition) is 2. The highest BCUT2D eigenvalue weighted by Crippen LogP contribution is 2.20. The average Bonchev–Trinajstić information content (AvgIpc) is 2.84. The molecular weight excluding hydrogens is 468 g/mol. The fourth-order valence-electron chi connectivity index (χ4n) is 3.77. The molecule has 0 spiro atoms. The smallest absolute Gasteiger partial charge is 0.257 e. The minimum Gasteiger partial charge on any atom is -0.368 e. The first-order valence-electron chi connectivity index (χ1n) is 11.0. The first-order valence-corrected chi connectivity index (χ1v) is 11.8. The molecule has 4 rings (SSSR count). The summed E-state index contributed by atoms with van der Waals surface area (Å²) in [5.74, 6) is -0.248. The van der Waals surface area contributed by atoms with Crippen LogP contribution in [-0.2, 0) is 0 Å². The Kier molecular flexibility index (Phi) is 7.45. The maximum atomic E-state index is 12.7. The lowest BCUT2D eigenvalue weighted by molar-refractivity contribution is 0.0746. The molecule has 2 N–H and O–H groups in total. The third kappa shape index (κ3) is 5.92. The Morgan fingerprint density at radius 3 is 2.21 bits per heavy atom. The Balaban J connectivity index is 1.28. The van der Waals surface area contributed by atoms with E-state index in [2.05, 4.69) is 15.5 Å². The van der Waals surface area contributed by atoms with Crippen LogP contribution < -0.4 is 15.5 Å². The zero-order chi connectivity index (χ0) is 24.1. The molecule has 174 valence electrons. The normalized spacial score (nSPS) is 13.4. The molecule has 1 aliphatic heterocycles. The molecular formula is C26H25ClN4O2S. The van der Waals surface area contributed by atoms with Gasteiger partial charge >= 0.3 is 0 Å². The van der Waals surface area contributed by atoms with Crippen molar-refractivity contribution in [2.45, 2.75) is 6.92 Å². The molecule has 1 fully saturated rings. The lowest BCUT2D eigenvalue weighted by Crippen LogP contribution is -2.48. The van der Waals surface area contributed by atoms with Gasteiger partial charge in [-0.15, -0.1) is 0 Å². The first kappa shape index (κ1) is 23.7. The lowest BCUT2D eigenvalue weighted by atomic mass is 10.1. The summed E-state index contributed by atoms with van der Waals surface area (Å²) in [7, 11) is 0. The van der Waals surface area contributed by atoms with Crippen LogP contribution in [0.1, 0.15) is 26.3 Å². The molecule has 0 aliphatic carbocycles. The van der Waals surface area contributed by atoms with Crippen molar-refractivity contribution < 1.29 is 9.59 Å². The summed E-state index contributed by atoms with van der Waals surface area (Å²) in [6.45, 7) is 4.88. The van der Waals surface area contributed by atoms with Gasteiger partial charge in [-0.25, -0.2) is 0 Å². The van der Waals surface area contributed by atoms with Crippen LogP contribution in [0.15, 0.2) is 72.8 Å². The number of piperazine rings is 1. The zero-order valence-corrected chi connectivity index (χ0v) is 20.3. The van der Waals surface area contributed by atoms with E-state index in [1.54, 1.807) is 24.3 Å². The van der Waals surface area contributed by atoms with Crippen molar-refractivity contribution in [1.29, 1.82) is 0 Å². The molecule has 1 aliphatic rings. The standard InChI is InChI=1S/C26H25ClN4O2S/c1-18-5-7-19(8-6-18)25(33)31-15-13-30(14-16-31)23-11-9-22(10-12-23)28-26(34)29-24(32)20-3-2-4-21(27)17-20/h2-12,17H,13-16H2,1H3,(H2,28,29,32,34). The van der Waals surface area contributed by atoms with Crippen LogP contribution >= 0.6 is 23.8 Å². The number of nitrogens with one attached hydrogen (secondary N) is 2. The first-order chi connectivity index (χ1) is 16.4. The number of amides is 2. The van der Waals surface area contributed by atoms with Crippen molar-refractivity contribution in [3.05, 3.63) is 94.5 Å². The van der Waals surface area contributed by atoms with Gasteiger partial charge in [0.1, 0.15) is 0 Å². The van der Waals surface area contributed by atoms with Gasteiger partial charge in [-0.05, 0) is 73.7 Å². The number of nitrogens with zero attached hydrogens (tertiary/aromatic N) is 2. The number of halogens is 1. The summed E-state index contributed by atoms with van der Waals surface area (Å²) in [6.07, 6.45) is 0. The Labute approximate surface area is 209 Å². The van der Waals surface area contributed by atoms with Crippen LogP contribution in [0.25, 0.3) is 0 Å². The number of rotatable bonds is 4. The fraction of sp³-hybridized carbons (Fsp3) is 0.192. The molecule has 0 saturated carbocycles. The molecule has 0 unspecified atom stereocenters. The molecule has 0 atom stereocenters. The number of carbonyl (C=O) groups is 2. The monoisotopic (exact) mass is 492 g/mol. The summed E-state index contributed by atoms with van der Waals surface area (Å²) in [6, 6.07) is 22.2. The Morgan fingerprint density at radius 1 is 0.882 bits per heavy atom. The molecule has 1 saturated heterocycles. The van der Waals surface area contributed by atoms with E-state index < -0.39 is 0 Å². The highest BCUT2D eigenvalue weighted by molar-refractivity contribution is 7.80. The SMILES string of the molecule is Cc1ccc(C(=O)N2CCN(c3ccc(NC(=S)NC(=O)c4cccc(Cl)c4)cc3)CC2)cc1. The molecule has 8 heteroatoms. The van der Waals surface area contributed by atoms with E-state index in [9.17, 15) is 9.59 Å². The summed E-state index contributed by atoms with van der Waals surface area (Å²) in [5.41, 5.74) is 4.15. The number of thiocarbonyl (C=S) groups is 1. The van der Waals surface area contributed by atoms with Crippen molar-refractivity contribution in [2.24, 2.45) is 0 Å². The molecule has 1 heterocycles. The molecule has 3 aromatic rings. The molecule has 0 radical (unpaired) electrons. The maximum Gasteiger partial charge on any atom is 0.257 e. The van der Waals surface area contributed by atoms with E-state index in [0.717, 1.165) is 35.6 Å². The molecule has 6 nitrogen and oxygen atoms in total. The maximum absolute atomic E-state index is 12.7. The van der Waals surface area contributed by atoms with Crippen LogP contribution in [0.5, 0.6) is 0 Å². The molecule has 34 heavy (non-hydrogen) atoms. The van der Waals surface area contributed by atoms with Crippen molar-refractivity contribution in [2.75, 3.05) is 36.4 Å². The number of benzene rings is 3. The van der Waals surface area contributed by atoms with Crippen molar-refractivity contribution in [3.63, 3.8) is 0 Å². The van der Waals surface area contributed by atoms with Gasteiger partial charge in [-0.2, -0.15) is 0 Å². The van der Waals surface area contributed by atoms with Gasteiger partial charge in [-0.3, -0.25) is 14.9 Å². The predicted octanol–water partition coefficient (Wildman–Crippen LogP) is 4.74. The van der Waals surface area contributed by atoms with Crippen LogP contribution in [0.4, 0.5) is 11.4 Å². The third-order valence-electron chi connectivity index (χ3n) is 5.67. The Hall–Kier alpha value is -3.42. The highest BCUT2D eigenvalue weighted by Gasteiger charge is 2.22. The summed E-state index contributed by atoms with van der Waals surface area (Å²) in [5, 5.41) is 6.38. The van der Waals surface area contributed by atoms with E-state index in [1.807, 2.05) is 60.4 Å². The lowest BCUT2D eigenvalue weighted by Gasteiger charge is -2.36.